The Labute approximate surface area is 127 Å². The van der Waals surface area contributed by atoms with Gasteiger partial charge in [0.2, 0.25) is 11.8 Å². The third-order valence-corrected chi connectivity index (χ3v) is 4.73. The van der Waals surface area contributed by atoms with Crippen molar-refractivity contribution in [2.45, 2.75) is 75.9 Å². The standard InChI is InChI=1S/C16H28N2O3/c1-18(12-16(21)9-4-2-3-5-10-16)15(20)11-13-7-6-8-14(19)17-13/h13,21H,2-12H2,1H3,(H,17,19). The van der Waals surface area contributed by atoms with Crippen LogP contribution >= 0.6 is 0 Å². The van der Waals surface area contributed by atoms with Crippen LogP contribution in [0.3, 0.4) is 0 Å². The molecule has 1 atom stereocenters. The maximum atomic E-state index is 12.3. The van der Waals surface area contributed by atoms with Crippen LogP contribution in [-0.2, 0) is 9.59 Å². The van der Waals surface area contributed by atoms with Gasteiger partial charge in [0, 0.05) is 32.5 Å². The van der Waals surface area contributed by atoms with Crippen molar-refractivity contribution < 1.29 is 14.7 Å². The van der Waals surface area contributed by atoms with Crippen LogP contribution in [-0.4, -0.2) is 47.1 Å². The first-order chi connectivity index (χ1) is 9.98. The molecule has 21 heavy (non-hydrogen) atoms. The number of likely N-dealkylation sites (N-methyl/N-ethyl adjacent to an activating group) is 1. The number of nitrogens with one attached hydrogen (secondary N) is 1. The van der Waals surface area contributed by atoms with E-state index in [4.69, 9.17) is 0 Å². The second-order valence-electron chi connectivity index (χ2n) is 6.75. The minimum Gasteiger partial charge on any atom is -0.388 e. The Hall–Kier alpha value is -1.10. The number of hydrogen-bond donors (Lipinski definition) is 2. The van der Waals surface area contributed by atoms with Crippen LogP contribution in [0, 0.1) is 0 Å². The molecule has 2 fully saturated rings. The van der Waals surface area contributed by atoms with Crippen LogP contribution in [0.5, 0.6) is 0 Å². The summed E-state index contributed by atoms with van der Waals surface area (Å²) in [6.45, 7) is 0.409. The molecule has 1 saturated carbocycles. The van der Waals surface area contributed by atoms with Crippen molar-refractivity contribution in [3.63, 3.8) is 0 Å². The molecule has 2 rings (SSSR count). The van der Waals surface area contributed by atoms with Crippen LogP contribution in [0.25, 0.3) is 0 Å². The van der Waals surface area contributed by atoms with Gasteiger partial charge in [-0.2, -0.15) is 0 Å². The SMILES string of the molecule is CN(CC1(O)CCCCCC1)C(=O)CC1CCCC(=O)N1. The van der Waals surface area contributed by atoms with Crippen molar-refractivity contribution in [3.05, 3.63) is 0 Å². The van der Waals surface area contributed by atoms with Crippen molar-refractivity contribution >= 4 is 11.8 Å². The molecular weight excluding hydrogens is 268 g/mol. The summed E-state index contributed by atoms with van der Waals surface area (Å²) in [7, 11) is 1.76. The second-order valence-corrected chi connectivity index (χ2v) is 6.75. The van der Waals surface area contributed by atoms with Crippen LogP contribution in [0.4, 0.5) is 0 Å². The van der Waals surface area contributed by atoms with Gasteiger partial charge >= 0.3 is 0 Å². The normalized spacial score (nSPS) is 25.8. The first kappa shape index (κ1) is 16.3. The van der Waals surface area contributed by atoms with Gasteiger partial charge in [-0.1, -0.05) is 25.7 Å². The van der Waals surface area contributed by atoms with E-state index >= 15 is 0 Å². The van der Waals surface area contributed by atoms with Gasteiger partial charge in [-0.15, -0.1) is 0 Å². The molecule has 1 saturated heterocycles. The third kappa shape index (κ3) is 4.99. The van der Waals surface area contributed by atoms with E-state index in [1.54, 1.807) is 11.9 Å². The van der Waals surface area contributed by atoms with E-state index in [1.807, 2.05) is 0 Å². The van der Waals surface area contributed by atoms with Gasteiger partial charge in [-0.3, -0.25) is 9.59 Å². The molecule has 2 N–H and O–H groups in total. The van der Waals surface area contributed by atoms with E-state index in [-0.39, 0.29) is 17.9 Å². The van der Waals surface area contributed by atoms with Crippen molar-refractivity contribution in [3.8, 4) is 0 Å². The summed E-state index contributed by atoms with van der Waals surface area (Å²) in [4.78, 5) is 25.3. The van der Waals surface area contributed by atoms with Crippen LogP contribution < -0.4 is 5.32 Å². The number of aliphatic hydroxyl groups is 1. The van der Waals surface area contributed by atoms with Crippen molar-refractivity contribution in [2.75, 3.05) is 13.6 Å². The van der Waals surface area contributed by atoms with Crippen molar-refractivity contribution in [1.29, 1.82) is 0 Å². The molecule has 0 bridgehead atoms. The lowest BCUT2D eigenvalue weighted by atomic mass is 9.93. The topological polar surface area (TPSA) is 69.6 Å². The molecule has 120 valence electrons. The summed E-state index contributed by atoms with van der Waals surface area (Å²) < 4.78 is 0. The lowest BCUT2D eigenvalue weighted by Crippen LogP contribution is -2.46. The summed E-state index contributed by atoms with van der Waals surface area (Å²) in [5.41, 5.74) is -0.725. The van der Waals surface area contributed by atoms with E-state index in [1.165, 1.54) is 12.8 Å². The fourth-order valence-electron chi connectivity index (χ4n) is 3.48. The van der Waals surface area contributed by atoms with Gasteiger partial charge in [0.1, 0.15) is 0 Å². The zero-order valence-electron chi connectivity index (χ0n) is 13.1. The molecule has 1 aliphatic carbocycles. The lowest BCUT2D eigenvalue weighted by Gasteiger charge is -2.33. The molecule has 1 heterocycles. The third-order valence-electron chi connectivity index (χ3n) is 4.73. The number of carbonyl (C=O) groups excluding carboxylic acids is 2. The highest BCUT2D eigenvalue weighted by Gasteiger charge is 2.31. The Kier molecular flexibility index (Phi) is 5.62. The van der Waals surface area contributed by atoms with Gasteiger partial charge < -0.3 is 15.3 Å². The molecule has 0 spiro atoms. The van der Waals surface area contributed by atoms with E-state index in [0.717, 1.165) is 38.5 Å². The highest BCUT2D eigenvalue weighted by atomic mass is 16.3. The van der Waals surface area contributed by atoms with Gasteiger partial charge in [-0.05, 0) is 25.7 Å². The number of carbonyl (C=O) groups is 2. The number of piperidine rings is 1. The number of nitrogens with zero attached hydrogens (tertiary/aromatic N) is 1. The average molecular weight is 296 g/mol. The predicted octanol–water partition coefficient (Wildman–Crippen LogP) is 1.59. The van der Waals surface area contributed by atoms with Crippen LogP contribution in [0.2, 0.25) is 0 Å². The molecule has 0 aromatic rings. The van der Waals surface area contributed by atoms with Crippen molar-refractivity contribution in [1.82, 2.24) is 10.2 Å². The number of amides is 2. The fourth-order valence-corrected chi connectivity index (χ4v) is 3.48. The predicted molar refractivity (Wildman–Crippen MR) is 80.7 cm³/mol. The van der Waals surface area contributed by atoms with E-state index in [9.17, 15) is 14.7 Å². The Balaban J connectivity index is 1.82. The minimum absolute atomic E-state index is 0.0138. The second kappa shape index (κ2) is 7.25. The Morgan fingerprint density at radius 2 is 1.95 bits per heavy atom. The number of rotatable bonds is 4. The highest BCUT2D eigenvalue weighted by Crippen LogP contribution is 2.27. The number of hydrogen-bond acceptors (Lipinski definition) is 3. The lowest BCUT2D eigenvalue weighted by molar-refractivity contribution is -0.134. The Bertz CT molecular complexity index is 376. The average Bonchev–Trinajstić information content (AvgIpc) is 2.63. The van der Waals surface area contributed by atoms with Crippen LogP contribution in [0.1, 0.15) is 64.2 Å². The van der Waals surface area contributed by atoms with Crippen LogP contribution in [0.15, 0.2) is 0 Å². The largest absolute Gasteiger partial charge is 0.388 e. The van der Waals surface area contributed by atoms with E-state index in [2.05, 4.69) is 5.32 Å². The molecule has 0 aromatic heterocycles. The monoisotopic (exact) mass is 296 g/mol. The van der Waals surface area contributed by atoms with E-state index < -0.39 is 5.60 Å². The minimum atomic E-state index is -0.725. The molecule has 1 aliphatic heterocycles. The maximum Gasteiger partial charge on any atom is 0.224 e. The fraction of sp³-hybridized carbons (Fsp3) is 0.875. The first-order valence-electron chi connectivity index (χ1n) is 8.24. The Morgan fingerprint density at radius 1 is 1.29 bits per heavy atom. The summed E-state index contributed by atoms with van der Waals surface area (Å²) >= 11 is 0. The van der Waals surface area contributed by atoms with Gasteiger partial charge in [0.15, 0.2) is 0 Å². The summed E-state index contributed by atoms with van der Waals surface area (Å²) in [6, 6.07) is -0.0371. The Morgan fingerprint density at radius 3 is 2.57 bits per heavy atom. The first-order valence-corrected chi connectivity index (χ1v) is 8.24. The molecule has 5 nitrogen and oxygen atoms in total. The summed E-state index contributed by atoms with van der Waals surface area (Å²) in [6.07, 6.45) is 8.64. The van der Waals surface area contributed by atoms with Gasteiger partial charge in [0.25, 0.3) is 0 Å². The molecular formula is C16H28N2O3. The maximum absolute atomic E-state index is 12.3. The van der Waals surface area contributed by atoms with Crippen molar-refractivity contribution in [2.24, 2.45) is 0 Å². The molecule has 2 aliphatic rings. The molecule has 0 aromatic carbocycles. The zero-order valence-corrected chi connectivity index (χ0v) is 13.1. The highest BCUT2D eigenvalue weighted by molar-refractivity contribution is 5.80. The van der Waals surface area contributed by atoms with Gasteiger partial charge in [-0.25, -0.2) is 0 Å². The van der Waals surface area contributed by atoms with E-state index in [0.29, 0.717) is 19.4 Å². The molecule has 1 unspecified atom stereocenters. The van der Waals surface area contributed by atoms with Gasteiger partial charge in [0.05, 0.1) is 5.60 Å². The molecule has 2 amide bonds. The zero-order chi connectivity index (χ0) is 15.3. The summed E-state index contributed by atoms with van der Waals surface area (Å²) in [5, 5.41) is 13.5. The summed E-state index contributed by atoms with van der Waals surface area (Å²) in [5.74, 6) is 0.0592. The smallest absolute Gasteiger partial charge is 0.224 e. The molecule has 5 heteroatoms. The quantitative estimate of drug-likeness (QED) is 0.774. The molecule has 0 radical (unpaired) electrons.